The van der Waals surface area contributed by atoms with Gasteiger partial charge in [0, 0.05) is 0 Å². The minimum Gasteiger partial charge on any atom is -0.491 e. The highest BCUT2D eigenvalue weighted by Crippen LogP contribution is 2.19. The van der Waals surface area contributed by atoms with E-state index in [0.29, 0.717) is 5.76 Å². The molecule has 11 heavy (non-hydrogen) atoms. The molecule has 0 spiro atoms. The van der Waals surface area contributed by atoms with Crippen LogP contribution in [0.15, 0.2) is 12.3 Å². The third kappa shape index (κ3) is 4.85. The summed E-state index contributed by atoms with van der Waals surface area (Å²) < 4.78 is 5.48. The SMILES string of the molecule is C=C(OC(C)(C)C)C(C)(C)N. The fourth-order valence-electron chi connectivity index (χ4n) is 0.501. The lowest BCUT2D eigenvalue weighted by atomic mass is 10.0. The summed E-state index contributed by atoms with van der Waals surface area (Å²) >= 11 is 0. The van der Waals surface area contributed by atoms with Crippen molar-refractivity contribution in [2.24, 2.45) is 5.73 Å². The summed E-state index contributed by atoms with van der Waals surface area (Å²) in [6.07, 6.45) is 0. The molecule has 0 fully saturated rings. The monoisotopic (exact) mass is 157 g/mol. The topological polar surface area (TPSA) is 35.2 Å². The van der Waals surface area contributed by atoms with Crippen LogP contribution < -0.4 is 5.73 Å². The van der Waals surface area contributed by atoms with E-state index in [-0.39, 0.29) is 5.60 Å². The highest BCUT2D eigenvalue weighted by atomic mass is 16.5. The molecule has 0 aliphatic rings. The van der Waals surface area contributed by atoms with Crippen LogP contribution in [0.4, 0.5) is 0 Å². The van der Waals surface area contributed by atoms with Crippen LogP contribution in [0.2, 0.25) is 0 Å². The maximum Gasteiger partial charge on any atom is 0.109 e. The maximum atomic E-state index is 5.76. The molecule has 0 unspecified atom stereocenters. The van der Waals surface area contributed by atoms with Crippen LogP contribution in [-0.4, -0.2) is 11.1 Å². The van der Waals surface area contributed by atoms with Gasteiger partial charge in [-0.3, -0.25) is 0 Å². The van der Waals surface area contributed by atoms with Gasteiger partial charge < -0.3 is 10.5 Å². The van der Waals surface area contributed by atoms with Crippen LogP contribution in [-0.2, 0) is 4.74 Å². The van der Waals surface area contributed by atoms with Crippen LogP contribution in [0.25, 0.3) is 0 Å². The zero-order valence-corrected chi connectivity index (χ0v) is 8.19. The molecule has 0 atom stereocenters. The summed E-state index contributed by atoms with van der Waals surface area (Å²) in [5.41, 5.74) is 5.11. The van der Waals surface area contributed by atoms with Gasteiger partial charge in [-0.15, -0.1) is 0 Å². The van der Waals surface area contributed by atoms with Gasteiger partial charge in [0.05, 0.1) is 5.54 Å². The fraction of sp³-hybridized carbons (Fsp3) is 0.778. The Bertz CT molecular complexity index is 148. The molecule has 0 aromatic carbocycles. The van der Waals surface area contributed by atoms with Gasteiger partial charge in [0.25, 0.3) is 0 Å². The Kier molecular flexibility index (Phi) is 2.73. The molecule has 0 saturated heterocycles. The van der Waals surface area contributed by atoms with Crippen LogP contribution >= 0.6 is 0 Å². The molecule has 0 aromatic rings. The lowest BCUT2D eigenvalue weighted by molar-refractivity contribution is 0.0339. The largest absolute Gasteiger partial charge is 0.491 e. The van der Waals surface area contributed by atoms with Crippen molar-refractivity contribution in [3.63, 3.8) is 0 Å². The fourth-order valence-corrected chi connectivity index (χ4v) is 0.501. The molecule has 2 nitrogen and oxygen atoms in total. The summed E-state index contributed by atoms with van der Waals surface area (Å²) in [5.74, 6) is 0.630. The Morgan fingerprint density at radius 1 is 1.18 bits per heavy atom. The van der Waals surface area contributed by atoms with E-state index < -0.39 is 5.54 Å². The van der Waals surface area contributed by atoms with Crippen molar-refractivity contribution >= 4 is 0 Å². The summed E-state index contributed by atoms with van der Waals surface area (Å²) in [5, 5.41) is 0. The summed E-state index contributed by atoms with van der Waals surface area (Å²) in [7, 11) is 0. The molecule has 0 aromatic heterocycles. The predicted molar refractivity (Wildman–Crippen MR) is 48.2 cm³/mol. The average molecular weight is 157 g/mol. The highest BCUT2D eigenvalue weighted by Gasteiger charge is 2.22. The van der Waals surface area contributed by atoms with Gasteiger partial charge in [-0.1, -0.05) is 6.58 Å². The first-order chi connectivity index (χ1) is 4.63. The third-order valence-corrected chi connectivity index (χ3v) is 1.15. The minimum absolute atomic E-state index is 0.201. The molecule has 0 bridgehead atoms. The second kappa shape index (κ2) is 2.86. The van der Waals surface area contributed by atoms with E-state index in [2.05, 4.69) is 6.58 Å². The molecular weight excluding hydrogens is 138 g/mol. The van der Waals surface area contributed by atoms with Crippen molar-refractivity contribution in [3.05, 3.63) is 12.3 Å². The molecule has 0 saturated carbocycles. The van der Waals surface area contributed by atoms with Crippen LogP contribution in [0.3, 0.4) is 0 Å². The molecular formula is C9H19NO. The third-order valence-electron chi connectivity index (χ3n) is 1.15. The van der Waals surface area contributed by atoms with Crippen molar-refractivity contribution in [1.29, 1.82) is 0 Å². The van der Waals surface area contributed by atoms with Gasteiger partial charge >= 0.3 is 0 Å². The Balaban J connectivity index is 4.11. The highest BCUT2D eigenvalue weighted by molar-refractivity contribution is 5.04. The number of hydrogen-bond donors (Lipinski definition) is 1. The van der Waals surface area contributed by atoms with Gasteiger partial charge in [-0.25, -0.2) is 0 Å². The Labute approximate surface area is 69.4 Å². The molecule has 0 rings (SSSR count). The minimum atomic E-state index is -0.451. The molecule has 2 heteroatoms. The van der Waals surface area contributed by atoms with Crippen LogP contribution in [0, 0.1) is 0 Å². The van der Waals surface area contributed by atoms with Gasteiger partial charge in [-0.2, -0.15) is 0 Å². The molecule has 0 aliphatic heterocycles. The standard InChI is InChI=1S/C9H19NO/c1-7(9(5,6)10)11-8(2,3)4/h1,10H2,2-6H3. The van der Waals surface area contributed by atoms with Crippen molar-refractivity contribution in [1.82, 2.24) is 0 Å². The molecule has 66 valence electrons. The normalized spacial score (nSPS) is 12.9. The number of ether oxygens (including phenoxy) is 1. The Hall–Kier alpha value is -0.500. The van der Waals surface area contributed by atoms with Gasteiger partial charge in [0.1, 0.15) is 11.4 Å². The number of hydrogen-bond acceptors (Lipinski definition) is 2. The van der Waals surface area contributed by atoms with Crippen LogP contribution in [0.5, 0.6) is 0 Å². The Morgan fingerprint density at radius 3 is 1.64 bits per heavy atom. The number of nitrogens with two attached hydrogens (primary N) is 1. The molecule has 0 radical (unpaired) electrons. The number of rotatable bonds is 2. The van der Waals surface area contributed by atoms with E-state index in [1.165, 1.54) is 0 Å². The first-order valence-corrected chi connectivity index (χ1v) is 3.80. The van der Waals surface area contributed by atoms with E-state index in [1.807, 2.05) is 34.6 Å². The van der Waals surface area contributed by atoms with Crippen molar-refractivity contribution in [2.75, 3.05) is 0 Å². The molecule has 0 amide bonds. The summed E-state index contributed by atoms with van der Waals surface area (Å²) in [4.78, 5) is 0. The summed E-state index contributed by atoms with van der Waals surface area (Å²) in [6.45, 7) is 13.4. The van der Waals surface area contributed by atoms with E-state index in [0.717, 1.165) is 0 Å². The van der Waals surface area contributed by atoms with E-state index in [9.17, 15) is 0 Å². The second-order valence-corrected chi connectivity index (χ2v) is 4.36. The predicted octanol–water partition coefficient (Wildman–Crippen LogP) is 2.05. The quantitative estimate of drug-likeness (QED) is 0.623. The maximum absolute atomic E-state index is 5.76. The smallest absolute Gasteiger partial charge is 0.109 e. The Morgan fingerprint density at radius 2 is 1.55 bits per heavy atom. The molecule has 0 heterocycles. The van der Waals surface area contributed by atoms with Crippen molar-refractivity contribution in [2.45, 2.75) is 45.8 Å². The van der Waals surface area contributed by atoms with E-state index in [1.54, 1.807) is 0 Å². The van der Waals surface area contributed by atoms with E-state index in [4.69, 9.17) is 10.5 Å². The van der Waals surface area contributed by atoms with Crippen molar-refractivity contribution < 1.29 is 4.74 Å². The average Bonchev–Trinajstić information content (AvgIpc) is 1.56. The zero-order valence-electron chi connectivity index (χ0n) is 8.19. The van der Waals surface area contributed by atoms with Crippen LogP contribution in [0.1, 0.15) is 34.6 Å². The zero-order chi connectivity index (χ0) is 9.28. The molecule has 0 aliphatic carbocycles. The first-order valence-electron chi connectivity index (χ1n) is 3.80. The van der Waals surface area contributed by atoms with E-state index >= 15 is 0 Å². The summed E-state index contributed by atoms with van der Waals surface area (Å²) in [6, 6.07) is 0. The first kappa shape index (κ1) is 10.5. The van der Waals surface area contributed by atoms with Gasteiger partial charge in [0.2, 0.25) is 0 Å². The lowest BCUT2D eigenvalue weighted by Gasteiger charge is -2.29. The van der Waals surface area contributed by atoms with Crippen molar-refractivity contribution in [3.8, 4) is 0 Å². The second-order valence-electron chi connectivity index (χ2n) is 4.36. The van der Waals surface area contributed by atoms with Gasteiger partial charge in [-0.05, 0) is 34.6 Å². The van der Waals surface area contributed by atoms with Gasteiger partial charge in [0.15, 0.2) is 0 Å². The molecule has 2 N–H and O–H groups in total. The lowest BCUT2D eigenvalue weighted by Crippen LogP contribution is -2.38.